The SMILES string of the molecule is CCOc1cc(/C=N/N=C2\NC(=O)C(CC(=O)O)S2)cc(Cl)c1OC(=O)c1ccc(OC)cc1. The summed E-state index contributed by atoms with van der Waals surface area (Å²) in [7, 11) is 1.52. The van der Waals surface area contributed by atoms with E-state index in [2.05, 4.69) is 15.5 Å². The van der Waals surface area contributed by atoms with E-state index in [1.54, 1.807) is 37.3 Å². The minimum atomic E-state index is -1.08. The monoisotopic (exact) mass is 505 g/mol. The van der Waals surface area contributed by atoms with E-state index in [1.165, 1.54) is 19.4 Å². The Morgan fingerprint density at radius 3 is 2.65 bits per heavy atom. The lowest BCUT2D eigenvalue weighted by Gasteiger charge is -2.13. The zero-order valence-electron chi connectivity index (χ0n) is 18.1. The Balaban J connectivity index is 1.76. The predicted octanol–water partition coefficient (Wildman–Crippen LogP) is 3.36. The molecule has 10 nitrogen and oxygen atoms in total. The van der Waals surface area contributed by atoms with E-state index >= 15 is 0 Å². The van der Waals surface area contributed by atoms with Gasteiger partial charge in [0.1, 0.15) is 11.0 Å². The van der Waals surface area contributed by atoms with Gasteiger partial charge in [-0.15, -0.1) is 5.10 Å². The van der Waals surface area contributed by atoms with Crippen LogP contribution < -0.4 is 19.5 Å². The number of carbonyl (C=O) groups excluding carboxylic acids is 2. The second kappa shape index (κ2) is 11.5. The van der Waals surface area contributed by atoms with Gasteiger partial charge >= 0.3 is 11.9 Å². The molecule has 1 aliphatic heterocycles. The average molecular weight is 506 g/mol. The first-order chi connectivity index (χ1) is 16.3. The normalized spacial score (nSPS) is 16.5. The highest BCUT2D eigenvalue weighted by Gasteiger charge is 2.32. The number of amidine groups is 1. The van der Waals surface area contributed by atoms with Crippen molar-refractivity contribution in [3.8, 4) is 17.2 Å². The van der Waals surface area contributed by atoms with Crippen molar-refractivity contribution in [3.63, 3.8) is 0 Å². The van der Waals surface area contributed by atoms with Crippen molar-refractivity contribution in [2.24, 2.45) is 10.2 Å². The summed E-state index contributed by atoms with van der Waals surface area (Å²) in [5.74, 6) is -1.25. The van der Waals surface area contributed by atoms with Gasteiger partial charge in [0.2, 0.25) is 5.91 Å². The summed E-state index contributed by atoms with van der Waals surface area (Å²) in [5, 5.41) is 18.7. The first-order valence-electron chi connectivity index (χ1n) is 9.93. The van der Waals surface area contributed by atoms with Crippen molar-refractivity contribution >= 4 is 52.6 Å². The second-order valence-electron chi connectivity index (χ2n) is 6.72. The molecule has 1 amide bonds. The van der Waals surface area contributed by atoms with Crippen LogP contribution in [0.4, 0.5) is 0 Å². The number of amides is 1. The van der Waals surface area contributed by atoms with Crippen LogP contribution >= 0.6 is 23.4 Å². The van der Waals surface area contributed by atoms with Crippen molar-refractivity contribution in [1.82, 2.24) is 5.32 Å². The number of halogens is 1. The molecule has 178 valence electrons. The highest BCUT2D eigenvalue weighted by atomic mass is 35.5. The molecule has 2 aromatic carbocycles. The Kier molecular flexibility index (Phi) is 8.50. The molecule has 1 heterocycles. The molecule has 0 radical (unpaired) electrons. The van der Waals surface area contributed by atoms with Crippen LogP contribution in [-0.4, -0.2) is 53.3 Å². The third-order valence-corrected chi connectivity index (χ3v) is 5.70. The van der Waals surface area contributed by atoms with Crippen LogP contribution in [-0.2, 0) is 9.59 Å². The number of hydrogen-bond donors (Lipinski definition) is 2. The van der Waals surface area contributed by atoms with Gasteiger partial charge in [0, 0.05) is 5.56 Å². The van der Waals surface area contributed by atoms with E-state index in [1.807, 2.05) is 0 Å². The van der Waals surface area contributed by atoms with Crippen molar-refractivity contribution in [1.29, 1.82) is 0 Å². The lowest BCUT2D eigenvalue weighted by Crippen LogP contribution is -2.26. The quantitative estimate of drug-likeness (QED) is 0.229. The molecule has 1 aliphatic rings. The number of carboxylic acids is 1. The molecule has 0 aromatic heterocycles. The van der Waals surface area contributed by atoms with Crippen LogP contribution in [0.5, 0.6) is 17.2 Å². The molecular weight excluding hydrogens is 486 g/mol. The summed E-state index contributed by atoms with van der Waals surface area (Å²) in [5.41, 5.74) is 0.802. The number of nitrogens with one attached hydrogen (secondary N) is 1. The Hall–Kier alpha value is -3.57. The number of esters is 1. The van der Waals surface area contributed by atoms with Crippen LogP contribution in [0.15, 0.2) is 46.6 Å². The number of hydrogen-bond acceptors (Lipinski definition) is 9. The molecular formula is C22H20ClN3O7S. The number of rotatable bonds is 9. The van der Waals surface area contributed by atoms with Gasteiger partial charge in [-0.1, -0.05) is 23.4 Å². The Morgan fingerprint density at radius 2 is 2.00 bits per heavy atom. The largest absolute Gasteiger partial charge is 0.497 e. The molecule has 2 aromatic rings. The van der Waals surface area contributed by atoms with Gasteiger partial charge in [-0.2, -0.15) is 5.10 Å². The fourth-order valence-corrected chi connectivity index (χ4v) is 3.97. The molecule has 1 saturated heterocycles. The molecule has 34 heavy (non-hydrogen) atoms. The van der Waals surface area contributed by atoms with E-state index in [0.29, 0.717) is 23.5 Å². The topological polar surface area (TPSA) is 136 Å². The summed E-state index contributed by atoms with van der Waals surface area (Å²) < 4.78 is 16.1. The van der Waals surface area contributed by atoms with E-state index < -0.39 is 23.1 Å². The summed E-state index contributed by atoms with van der Waals surface area (Å²) in [4.78, 5) is 35.1. The predicted molar refractivity (Wildman–Crippen MR) is 127 cm³/mol. The smallest absolute Gasteiger partial charge is 0.343 e. The Morgan fingerprint density at radius 1 is 1.26 bits per heavy atom. The lowest BCUT2D eigenvalue weighted by atomic mass is 10.2. The summed E-state index contributed by atoms with van der Waals surface area (Å²) in [6.07, 6.45) is 1.05. The molecule has 0 spiro atoms. The third-order valence-electron chi connectivity index (χ3n) is 4.34. The maximum Gasteiger partial charge on any atom is 0.343 e. The van der Waals surface area contributed by atoms with Gasteiger partial charge in [0.15, 0.2) is 16.7 Å². The van der Waals surface area contributed by atoms with Crippen molar-refractivity contribution in [3.05, 3.63) is 52.5 Å². The van der Waals surface area contributed by atoms with Crippen molar-refractivity contribution in [2.75, 3.05) is 13.7 Å². The van der Waals surface area contributed by atoms with Gasteiger partial charge in [-0.25, -0.2) is 4.79 Å². The highest BCUT2D eigenvalue weighted by Crippen LogP contribution is 2.37. The minimum absolute atomic E-state index is 0.0583. The number of carbonyl (C=O) groups is 3. The molecule has 0 bridgehead atoms. The van der Waals surface area contributed by atoms with Crippen LogP contribution in [0, 0.1) is 0 Å². The number of nitrogens with zero attached hydrogens (tertiary/aromatic N) is 2. The van der Waals surface area contributed by atoms with E-state index in [-0.39, 0.29) is 28.1 Å². The fourth-order valence-electron chi connectivity index (χ4n) is 2.80. The van der Waals surface area contributed by atoms with Crippen LogP contribution in [0.1, 0.15) is 29.3 Å². The highest BCUT2D eigenvalue weighted by molar-refractivity contribution is 8.15. The molecule has 2 N–H and O–H groups in total. The van der Waals surface area contributed by atoms with Crippen LogP contribution in [0.3, 0.4) is 0 Å². The number of methoxy groups -OCH3 is 1. The average Bonchev–Trinajstić information content (AvgIpc) is 3.14. The number of carboxylic acid groups (broad SMARTS) is 1. The maximum atomic E-state index is 12.6. The van der Waals surface area contributed by atoms with Crippen LogP contribution in [0.25, 0.3) is 0 Å². The van der Waals surface area contributed by atoms with Crippen LogP contribution in [0.2, 0.25) is 5.02 Å². The molecule has 12 heteroatoms. The van der Waals surface area contributed by atoms with E-state index in [0.717, 1.165) is 11.8 Å². The molecule has 1 unspecified atom stereocenters. The van der Waals surface area contributed by atoms with Gasteiger partial charge in [0.05, 0.1) is 36.9 Å². The first kappa shape index (κ1) is 25.1. The van der Waals surface area contributed by atoms with Crippen molar-refractivity contribution < 1.29 is 33.7 Å². The van der Waals surface area contributed by atoms with E-state index in [4.69, 9.17) is 30.9 Å². The van der Waals surface area contributed by atoms with Crippen molar-refractivity contribution in [2.45, 2.75) is 18.6 Å². The zero-order chi connectivity index (χ0) is 24.7. The summed E-state index contributed by atoms with van der Waals surface area (Å²) in [6, 6.07) is 9.49. The molecule has 0 aliphatic carbocycles. The van der Waals surface area contributed by atoms with Gasteiger partial charge in [-0.05, 0) is 43.3 Å². The molecule has 1 fully saturated rings. The molecule has 1 atom stereocenters. The number of thioether (sulfide) groups is 1. The Labute approximate surface area is 203 Å². The maximum absolute atomic E-state index is 12.6. The lowest BCUT2D eigenvalue weighted by molar-refractivity contribution is -0.138. The molecule has 0 saturated carbocycles. The first-order valence-corrected chi connectivity index (χ1v) is 11.2. The van der Waals surface area contributed by atoms with Gasteiger partial charge in [-0.3, -0.25) is 9.59 Å². The minimum Gasteiger partial charge on any atom is -0.497 e. The summed E-state index contributed by atoms with van der Waals surface area (Å²) in [6.45, 7) is 2.06. The number of benzene rings is 2. The third kappa shape index (κ3) is 6.49. The molecule has 3 rings (SSSR count). The van der Waals surface area contributed by atoms with Gasteiger partial charge in [0.25, 0.3) is 0 Å². The number of aliphatic carboxylic acids is 1. The second-order valence-corrected chi connectivity index (χ2v) is 8.32. The standard InChI is InChI=1S/C22H20ClN3O7S/c1-3-32-16-9-12(11-24-26-22-25-20(29)17(34-22)10-18(27)28)8-15(23)19(16)33-21(30)13-4-6-14(31-2)7-5-13/h4-9,11,17H,3,10H2,1-2H3,(H,27,28)(H,25,26,29)/b24-11+. The number of ether oxygens (including phenoxy) is 3. The zero-order valence-corrected chi connectivity index (χ0v) is 19.7. The fraction of sp³-hybridized carbons (Fsp3) is 0.227. The summed E-state index contributed by atoms with van der Waals surface area (Å²) >= 11 is 7.34. The van der Waals surface area contributed by atoms with E-state index in [9.17, 15) is 14.4 Å². The Bertz CT molecular complexity index is 1150. The van der Waals surface area contributed by atoms with Gasteiger partial charge < -0.3 is 24.6 Å².